The molecule has 152 valence electrons. The molecule has 1 unspecified atom stereocenters. The number of pyridine rings is 1. The Morgan fingerprint density at radius 1 is 1.38 bits per heavy atom. The topological polar surface area (TPSA) is 79.0 Å². The SMILES string of the molecule is CCNc1cc(NC2Cc3c(C=O)ccc(C)c3O2)nc2[nH]cc(C(F)(F)F)c12. The summed E-state index contributed by atoms with van der Waals surface area (Å²) in [6.07, 6.45) is -2.82. The molecule has 1 atom stereocenters. The summed E-state index contributed by atoms with van der Waals surface area (Å²) in [6.45, 7) is 4.15. The van der Waals surface area contributed by atoms with Crippen molar-refractivity contribution in [3.8, 4) is 5.75 Å². The second-order valence-electron chi connectivity index (χ2n) is 6.86. The third-order valence-corrected chi connectivity index (χ3v) is 4.89. The summed E-state index contributed by atoms with van der Waals surface area (Å²) in [5.41, 5.74) is 1.96. The van der Waals surface area contributed by atoms with Crippen molar-refractivity contribution in [2.75, 3.05) is 17.2 Å². The predicted molar refractivity (Wildman–Crippen MR) is 104 cm³/mol. The first kappa shape index (κ1) is 19.1. The minimum absolute atomic E-state index is 0.000359. The van der Waals surface area contributed by atoms with Gasteiger partial charge in [-0.3, -0.25) is 4.79 Å². The summed E-state index contributed by atoms with van der Waals surface area (Å²) in [4.78, 5) is 18.2. The Balaban J connectivity index is 1.67. The molecule has 0 bridgehead atoms. The molecule has 0 saturated heterocycles. The number of hydrogen-bond donors (Lipinski definition) is 3. The van der Waals surface area contributed by atoms with Crippen LogP contribution in [0.3, 0.4) is 0 Å². The maximum atomic E-state index is 13.3. The molecule has 0 aliphatic carbocycles. The maximum Gasteiger partial charge on any atom is 0.418 e. The average molecular weight is 404 g/mol. The van der Waals surface area contributed by atoms with Gasteiger partial charge in [0.1, 0.15) is 23.5 Å². The largest absolute Gasteiger partial charge is 0.470 e. The van der Waals surface area contributed by atoms with Gasteiger partial charge in [0, 0.05) is 42.0 Å². The van der Waals surface area contributed by atoms with Gasteiger partial charge in [0.25, 0.3) is 0 Å². The first-order valence-electron chi connectivity index (χ1n) is 9.15. The number of alkyl halides is 3. The summed E-state index contributed by atoms with van der Waals surface area (Å²) >= 11 is 0. The number of aromatic nitrogens is 2. The van der Waals surface area contributed by atoms with Crippen LogP contribution in [0, 0.1) is 6.92 Å². The lowest BCUT2D eigenvalue weighted by atomic mass is 10.0. The number of benzene rings is 1. The zero-order chi connectivity index (χ0) is 20.8. The van der Waals surface area contributed by atoms with Gasteiger partial charge < -0.3 is 20.4 Å². The fourth-order valence-corrected chi connectivity index (χ4v) is 3.62. The number of hydrogen-bond acceptors (Lipinski definition) is 5. The number of nitrogens with zero attached hydrogens (tertiary/aromatic N) is 1. The monoisotopic (exact) mass is 404 g/mol. The number of aryl methyl sites for hydroxylation is 1. The highest BCUT2D eigenvalue weighted by Crippen LogP contribution is 2.39. The molecule has 0 amide bonds. The highest BCUT2D eigenvalue weighted by Gasteiger charge is 2.35. The third-order valence-electron chi connectivity index (χ3n) is 4.89. The average Bonchev–Trinajstić information content (AvgIpc) is 3.27. The number of fused-ring (bicyclic) bond motifs is 2. The number of aldehydes is 1. The molecule has 0 radical (unpaired) electrons. The van der Waals surface area contributed by atoms with E-state index in [1.807, 2.05) is 13.0 Å². The first-order chi connectivity index (χ1) is 13.8. The molecule has 1 aliphatic rings. The van der Waals surface area contributed by atoms with Crippen LogP contribution in [0.25, 0.3) is 11.0 Å². The maximum absolute atomic E-state index is 13.3. The van der Waals surface area contributed by atoms with Crippen molar-refractivity contribution in [2.45, 2.75) is 32.7 Å². The second-order valence-corrected chi connectivity index (χ2v) is 6.86. The van der Waals surface area contributed by atoms with E-state index in [0.29, 0.717) is 35.8 Å². The van der Waals surface area contributed by atoms with E-state index in [0.717, 1.165) is 23.6 Å². The lowest BCUT2D eigenvalue weighted by Crippen LogP contribution is -2.24. The molecule has 2 aromatic heterocycles. The molecule has 6 nitrogen and oxygen atoms in total. The fraction of sp³-hybridized carbons (Fsp3) is 0.300. The number of rotatable bonds is 5. The molecule has 0 fully saturated rings. The first-order valence-corrected chi connectivity index (χ1v) is 9.15. The molecule has 29 heavy (non-hydrogen) atoms. The lowest BCUT2D eigenvalue weighted by Gasteiger charge is -2.16. The van der Waals surface area contributed by atoms with Crippen LogP contribution in [-0.2, 0) is 12.6 Å². The number of H-pyrrole nitrogens is 1. The van der Waals surface area contributed by atoms with E-state index in [2.05, 4.69) is 20.6 Å². The Morgan fingerprint density at radius 3 is 2.86 bits per heavy atom. The summed E-state index contributed by atoms with van der Waals surface area (Å²) in [5.74, 6) is 1.02. The van der Waals surface area contributed by atoms with E-state index in [4.69, 9.17) is 4.74 Å². The Bertz CT molecular complexity index is 1090. The standard InChI is InChI=1S/C20H19F3N4O2/c1-3-24-14-7-15(27-19-17(14)13(8-25-19)20(21,22)23)26-16-6-12-11(9-28)5-4-10(2)18(12)29-16/h4-5,7-9,16H,3,6H2,1-2H3,(H3,24,25,26,27). The van der Waals surface area contributed by atoms with Gasteiger partial charge >= 0.3 is 6.18 Å². The van der Waals surface area contributed by atoms with Gasteiger partial charge in [-0.25, -0.2) is 4.98 Å². The van der Waals surface area contributed by atoms with Crippen LogP contribution in [-0.4, -0.2) is 29.0 Å². The van der Waals surface area contributed by atoms with Crippen molar-refractivity contribution in [1.29, 1.82) is 0 Å². The summed E-state index contributed by atoms with van der Waals surface area (Å²) in [5, 5.41) is 6.09. The highest BCUT2D eigenvalue weighted by atomic mass is 19.4. The van der Waals surface area contributed by atoms with Crippen LogP contribution in [0.1, 0.15) is 34.0 Å². The van der Waals surface area contributed by atoms with Crippen molar-refractivity contribution in [3.63, 3.8) is 0 Å². The van der Waals surface area contributed by atoms with Crippen molar-refractivity contribution in [3.05, 3.63) is 46.6 Å². The van der Waals surface area contributed by atoms with Gasteiger partial charge in [0.2, 0.25) is 0 Å². The van der Waals surface area contributed by atoms with E-state index in [9.17, 15) is 18.0 Å². The Morgan fingerprint density at radius 2 is 2.17 bits per heavy atom. The quantitative estimate of drug-likeness (QED) is 0.546. The third kappa shape index (κ3) is 3.37. The fourth-order valence-electron chi connectivity index (χ4n) is 3.62. The molecule has 3 heterocycles. The molecule has 1 aromatic carbocycles. The molecule has 1 aliphatic heterocycles. The Labute approximate surface area is 164 Å². The van der Waals surface area contributed by atoms with Crippen molar-refractivity contribution >= 4 is 28.8 Å². The molecular weight excluding hydrogens is 385 g/mol. The summed E-state index contributed by atoms with van der Waals surface area (Å²) in [7, 11) is 0. The lowest BCUT2D eigenvalue weighted by molar-refractivity contribution is -0.136. The van der Waals surface area contributed by atoms with E-state index in [1.165, 1.54) is 6.07 Å². The Kier molecular flexibility index (Phi) is 4.60. The summed E-state index contributed by atoms with van der Waals surface area (Å²) in [6, 6.07) is 5.10. The van der Waals surface area contributed by atoms with E-state index >= 15 is 0 Å². The van der Waals surface area contributed by atoms with Crippen molar-refractivity contribution < 1.29 is 22.7 Å². The van der Waals surface area contributed by atoms with Crippen LogP contribution in [0.2, 0.25) is 0 Å². The van der Waals surface area contributed by atoms with Crippen molar-refractivity contribution in [1.82, 2.24) is 9.97 Å². The number of ether oxygens (including phenoxy) is 1. The van der Waals surface area contributed by atoms with E-state index in [-0.39, 0.29) is 11.0 Å². The van der Waals surface area contributed by atoms with Gasteiger partial charge in [-0.05, 0) is 19.4 Å². The number of aromatic amines is 1. The van der Waals surface area contributed by atoms with Gasteiger partial charge in [-0.2, -0.15) is 13.2 Å². The zero-order valence-corrected chi connectivity index (χ0v) is 15.8. The van der Waals surface area contributed by atoms with E-state index in [1.54, 1.807) is 13.0 Å². The van der Waals surface area contributed by atoms with Crippen LogP contribution in [0.15, 0.2) is 24.4 Å². The molecular formula is C20H19F3N4O2. The molecule has 4 rings (SSSR count). The van der Waals surface area contributed by atoms with Crippen LogP contribution < -0.4 is 15.4 Å². The number of carbonyl (C=O) groups is 1. The molecule has 3 N–H and O–H groups in total. The Hall–Kier alpha value is -3.23. The van der Waals surface area contributed by atoms with Crippen LogP contribution >= 0.6 is 0 Å². The second kappa shape index (κ2) is 6.98. The van der Waals surface area contributed by atoms with Gasteiger partial charge in [0.05, 0.1) is 10.9 Å². The van der Waals surface area contributed by atoms with Crippen LogP contribution in [0.4, 0.5) is 24.7 Å². The summed E-state index contributed by atoms with van der Waals surface area (Å²) < 4.78 is 45.9. The normalized spacial score (nSPS) is 15.8. The minimum atomic E-state index is -4.49. The van der Waals surface area contributed by atoms with Crippen LogP contribution in [0.5, 0.6) is 5.75 Å². The molecule has 9 heteroatoms. The number of carbonyl (C=O) groups excluding carboxylic acids is 1. The molecule has 0 saturated carbocycles. The molecule has 0 spiro atoms. The van der Waals surface area contributed by atoms with E-state index < -0.39 is 18.0 Å². The predicted octanol–water partition coefficient (Wildman–Crippen LogP) is 4.51. The van der Waals surface area contributed by atoms with Gasteiger partial charge in [-0.1, -0.05) is 12.1 Å². The zero-order valence-electron chi connectivity index (χ0n) is 15.8. The minimum Gasteiger partial charge on any atom is -0.470 e. The van der Waals surface area contributed by atoms with Crippen molar-refractivity contribution in [2.24, 2.45) is 0 Å². The number of halogens is 3. The van der Waals surface area contributed by atoms with Gasteiger partial charge in [0.15, 0.2) is 6.23 Å². The highest BCUT2D eigenvalue weighted by molar-refractivity contribution is 5.94. The smallest absolute Gasteiger partial charge is 0.418 e. The number of anilines is 2. The van der Waals surface area contributed by atoms with Gasteiger partial charge in [-0.15, -0.1) is 0 Å². The molecule has 3 aromatic rings. The number of nitrogens with one attached hydrogen (secondary N) is 3.